The molecule has 1 unspecified atom stereocenters. The Morgan fingerprint density at radius 3 is 2.58 bits per heavy atom. The third kappa shape index (κ3) is 4.22. The van der Waals surface area contributed by atoms with E-state index in [4.69, 9.17) is 5.14 Å². The number of primary sulfonamides is 1. The van der Waals surface area contributed by atoms with Gasteiger partial charge in [-0.3, -0.25) is 4.79 Å². The molecule has 3 N–H and O–H groups in total. The second kappa shape index (κ2) is 7.88. The standard InChI is InChI=1S/C21H19FN4O3S2/c1-12(14-4-3-5-17(10-14)31(23,28)29)24-20(27)19-11-18-13(2)25-26(21(18)30-19)16-8-6-15(22)7-9-16/h3-12H,1-2H3,(H,24,27)(H2,23,28,29). The van der Waals surface area contributed by atoms with Gasteiger partial charge in [0.1, 0.15) is 10.6 Å². The predicted octanol–water partition coefficient (Wildman–Crippen LogP) is 3.67. The maximum atomic E-state index is 13.3. The van der Waals surface area contributed by atoms with E-state index < -0.39 is 16.1 Å². The van der Waals surface area contributed by atoms with Gasteiger partial charge in [-0.1, -0.05) is 12.1 Å². The quantitative estimate of drug-likeness (QED) is 0.476. The molecule has 1 amide bonds. The van der Waals surface area contributed by atoms with Crippen LogP contribution in [0.3, 0.4) is 0 Å². The molecule has 0 aliphatic carbocycles. The highest BCUT2D eigenvalue weighted by molar-refractivity contribution is 7.89. The zero-order valence-corrected chi connectivity index (χ0v) is 18.3. The summed E-state index contributed by atoms with van der Waals surface area (Å²) in [6.07, 6.45) is 0. The molecule has 0 aliphatic rings. The number of amides is 1. The Kier molecular flexibility index (Phi) is 5.38. The lowest BCUT2D eigenvalue weighted by Gasteiger charge is -2.14. The van der Waals surface area contributed by atoms with E-state index in [1.807, 2.05) is 6.92 Å². The Morgan fingerprint density at radius 2 is 1.90 bits per heavy atom. The van der Waals surface area contributed by atoms with Crippen LogP contribution in [0.15, 0.2) is 59.5 Å². The molecular weight excluding hydrogens is 439 g/mol. The summed E-state index contributed by atoms with van der Waals surface area (Å²) in [5.74, 6) is -0.629. The number of halogens is 1. The average molecular weight is 459 g/mol. The first-order valence-corrected chi connectivity index (χ1v) is 11.7. The van der Waals surface area contributed by atoms with Crippen LogP contribution in [-0.2, 0) is 10.0 Å². The third-order valence-corrected chi connectivity index (χ3v) is 6.89. The van der Waals surface area contributed by atoms with Gasteiger partial charge in [-0.2, -0.15) is 5.10 Å². The lowest BCUT2D eigenvalue weighted by molar-refractivity contribution is 0.0944. The number of fused-ring (bicyclic) bond motifs is 1. The van der Waals surface area contributed by atoms with Gasteiger partial charge in [0.2, 0.25) is 10.0 Å². The minimum Gasteiger partial charge on any atom is -0.345 e. The van der Waals surface area contributed by atoms with E-state index in [0.717, 1.165) is 15.9 Å². The van der Waals surface area contributed by atoms with Gasteiger partial charge in [-0.15, -0.1) is 11.3 Å². The lowest BCUT2D eigenvalue weighted by Crippen LogP contribution is -2.26. The molecule has 0 saturated carbocycles. The molecule has 31 heavy (non-hydrogen) atoms. The highest BCUT2D eigenvalue weighted by Gasteiger charge is 2.19. The molecule has 4 aromatic rings. The SMILES string of the molecule is Cc1nn(-c2ccc(F)cc2)c2sc(C(=O)NC(C)c3cccc(S(N)(=O)=O)c3)cc12. The number of hydrogen-bond acceptors (Lipinski definition) is 5. The van der Waals surface area contributed by atoms with Crippen LogP contribution < -0.4 is 10.5 Å². The molecule has 1 atom stereocenters. The number of nitrogens with two attached hydrogens (primary N) is 1. The molecule has 160 valence electrons. The zero-order chi connectivity index (χ0) is 22.3. The Morgan fingerprint density at radius 1 is 1.19 bits per heavy atom. The highest BCUT2D eigenvalue weighted by Crippen LogP contribution is 2.31. The van der Waals surface area contributed by atoms with Gasteiger partial charge in [-0.05, 0) is 61.9 Å². The fraction of sp³-hybridized carbons (Fsp3) is 0.143. The zero-order valence-electron chi connectivity index (χ0n) is 16.7. The number of hydrogen-bond donors (Lipinski definition) is 2. The van der Waals surface area contributed by atoms with Crippen LogP contribution in [0.2, 0.25) is 0 Å². The van der Waals surface area contributed by atoms with E-state index in [1.54, 1.807) is 41.9 Å². The molecule has 2 aromatic carbocycles. The Hall–Kier alpha value is -3.08. The van der Waals surface area contributed by atoms with Crippen LogP contribution in [0.25, 0.3) is 15.9 Å². The summed E-state index contributed by atoms with van der Waals surface area (Å²) in [5.41, 5.74) is 2.07. The topological polar surface area (TPSA) is 107 Å². The van der Waals surface area contributed by atoms with Crippen LogP contribution in [0.1, 0.15) is 33.9 Å². The van der Waals surface area contributed by atoms with E-state index in [-0.39, 0.29) is 16.6 Å². The summed E-state index contributed by atoms with van der Waals surface area (Å²) in [5, 5.41) is 13.4. The largest absolute Gasteiger partial charge is 0.345 e. The number of nitrogens with zero attached hydrogens (tertiary/aromatic N) is 2. The summed E-state index contributed by atoms with van der Waals surface area (Å²) in [7, 11) is -3.83. The molecule has 0 bridgehead atoms. The van der Waals surface area contributed by atoms with Crippen LogP contribution in [0.4, 0.5) is 4.39 Å². The normalized spacial score (nSPS) is 12.8. The molecule has 0 radical (unpaired) electrons. The van der Waals surface area contributed by atoms with Crippen molar-refractivity contribution >= 4 is 37.5 Å². The van der Waals surface area contributed by atoms with Crippen molar-refractivity contribution in [1.29, 1.82) is 0 Å². The van der Waals surface area contributed by atoms with Crippen LogP contribution in [0, 0.1) is 12.7 Å². The molecular formula is C21H19FN4O3S2. The molecule has 4 rings (SSSR count). The second-order valence-electron chi connectivity index (χ2n) is 7.12. The summed E-state index contributed by atoms with van der Waals surface area (Å²) >= 11 is 1.28. The molecule has 0 saturated heterocycles. The summed E-state index contributed by atoms with van der Waals surface area (Å²) in [4.78, 5) is 14.1. The van der Waals surface area contributed by atoms with Gasteiger partial charge in [0.25, 0.3) is 5.91 Å². The molecule has 7 nitrogen and oxygen atoms in total. The summed E-state index contributed by atoms with van der Waals surface area (Å²) in [6, 6.07) is 13.5. The monoisotopic (exact) mass is 458 g/mol. The predicted molar refractivity (Wildman–Crippen MR) is 117 cm³/mol. The van der Waals surface area contributed by atoms with Gasteiger partial charge in [0.05, 0.1) is 27.2 Å². The van der Waals surface area contributed by atoms with Crippen LogP contribution in [0.5, 0.6) is 0 Å². The van der Waals surface area contributed by atoms with Crippen molar-refractivity contribution in [1.82, 2.24) is 15.1 Å². The number of rotatable bonds is 5. The number of nitrogens with one attached hydrogen (secondary N) is 1. The number of sulfonamides is 1. The Labute approximate surface area is 182 Å². The Balaban J connectivity index is 1.61. The molecule has 0 fully saturated rings. The first-order chi connectivity index (χ1) is 14.6. The van der Waals surface area contributed by atoms with Crippen molar-refractivity contribution in [2.45, 2.75) is 24.8 Å². The molecule has 10 heteroatoms. The van der Waals surface area contributed by atoms with E-state index in [1.165, 1.54) is 35.6 Å². The van der Waals surface area contributed by atoms with Crippen LogP contribution in [-0.4, -0.2) is 24.1 Å². The maximum absolute atomic E-state index is 13.3. The van der Waals surface area contributed by atoms with E-state index in [9.17, 15) is 17.6 Å². The smallest absolute Gasteiger partial charge is 0.261 e. The van der Waals surface area contributed by atoms with E-state index in [0.29, 0.717) is 16.1 Å². The summed E-state index contributed by atoms with van der Waals surface area (Å²) < 4.78 is 38.1. The average Bonchev–Trinajstić information content (AvgIpc) is 3.29. The minimum atomic E-state index is -3.83. The van der Waals surface area contributed by atoms with Crippen molar-refractivity contribution in [3.8, 4) is 5.69 Å². The van der Waals surface area contributed by atoms with Gasteiger partial charge >= 0.3 is 0 Å². The first kappa shape index (κ1) is 21.2. The Bertz CT molecular complexity index is 1390. The van der Waals surface area contributed by atoms with Crippen molar-refractivity contribution in [2.24, 2.45) is 5.14 Å². The van der Waals surface area contributed by atoms with Gasteiger partial charge < -0.3 is 5.32 Å². The second-order valence-corrected chi connectivity index (χ2v) is 9.71. The molecule has 0 spiro atoms. The van der Waals surface area contributed by atoms with Gasteiger partial charge in [0.15, 0.2) is 0 Å². The fourth-order valence-electron chi connectivity index (χ4n) is 3.23. The fourth-order valence-corrected chi connectivity index (χ4v) is 4.88. The number of aryl methyl sites for hydroxylation is 1. The maximum Gasteiger partial charge on any atom is 0.261 e. The number of carbonyl (C=O) groups is 1. The number of aromatic nitrogens is 2. The van der Waals surface area contributed by atoms with Crippen molar-refractivity contribution in [3.63, 3.8) is 0 Å². The van der Waals surface area contributed by atoms with Crippen LogP contribution >= 0.6 is 11.3 Å². The van der Waals surface area contributed by atoms with Crippen molar-refractivity contribution < 1.29 is 17.6 Å². The third-order valence-electron chi connectivity index (χ3n) is 4.87. The number of benzene rings is 2. The van der Waals surface area contributed by atoms with E-state index >= 15 is 0 Å². The molecule has 2 aromatic heterocycles. The van der Waals surface area contributed by atoms with E-state index in [2.05, 4.69) is 10.4 Å². The minimum absolute atomic E-state index is 0.0111. The van der Waals surface area contributed by atoms with Crippen molar-refractivity contribution in [3.05, 3.63) is 76.5 Å². The van der Waals surface area contributed by atoms with Crippen molar-refractivity contribution in [2.75, 3.05) is 0 Å². The molecule has 0 aliphatic heterocycles. The first-order valence-electron chi connectivity index (χ1n) is 9.32. The summed E-state index contributed by atoms with van der Waals surface area (Å²) in [6.45, 7) is 3.61. The number of carbonyl (C=O) groups excluding carboxylic acids is 1. The highest BCUT2D eigenvalue weighted by atomic mass is 32.2. The van der Waals surface area contributed by atoms with Gasteiger partial charge in [0, 0.05) is 5.39 Å². The lowest BCUT2D eigenvalue weighted by atomic mass is 10.1. The van der Waals surface area contributed by atoms with Gasteiger partial charge in [-0.25, -0.2) is 22.6 Å². The molecule has 2 heterocycles. The number of thiophene rings is 1.